The van der Waals surface area contributed by atoms with Gasteiger partial charge >= 0.3 is 0 Å². The van der Waals surface area contributed by atoms with Gasteiger partial charge in [-0.2, -0.15) is 0 Å². The molecule has 0 atom stereocenters. The number of nitrogens with one attached hydrogen (secondary N) is 1. The van der Waals surface area contributed by atoms with E-state index in [0.717, 1.165) is 38.1 Å². The van der Waals surface area contributed by atoms with E-state index in [1.54, 1.807) is 24.3 Å². The van der Waals surface area contributed by atoms with Crippen molar-refractivity contribution in [3.8, 4) is 11.4 Å². The quantitative estimate of drug-likeness (QED) is 0.608. The molecule has 2 aromatic carbocycles. The normalized spacial score (nSPS) is 13.6. The number of aromatic nitrogens is 3. The van der Waals surface area contributed by atoms with E-state index in [0.29, 0.717) is 22.1 Å². The molecule has 4 rings (SSSR count). The number of rotatable bonds is 4. The van der Waals surface area contributed by atoms with Crippen molar-refractivity contribution < 1.29 is 9.18 Å². The highest BCUT2D eigenvalue weighted by Crippen LogP contribution is 2.31. The molecule has 1 N–H and O–H groups in total. The number of amides is 1. The predicted octanol–water partition coefficient (Wildman–Crippen LogP) is 5.30. The molecule has 1 amide bonds. The molecule has 0 saturated carbocycles. The van der Waals surface area contributed by atoms with Gasteiger partial charge in [0.2, 0.25) is 5.91 Å². The fourth-order valence-electron chi connectivity index (χ4n) is 3.53. The van der Waals surface area contributed by atoms with Gasteiger partial charge in [0.15, 0.2) is 5.82 Å². The Labute approximate surface area is 177 Å². The average molecular weight is 433 g/mol. The second kappa shape index (κ2) is 8.51. The summed E-state index contributed by atoms with van der Waals surface area (Å²) in [7, 11) is 0. The predicted molar refractivity (Wildman–Crippen MR) is 112 cm³/mol. The first-order valence-corrected chi connectivity index (χ1v) is 10.2. The van der Waals surface area contributed by atoms with E-state index in [1.807, 2.05) is 0 Å². The van der Waals surface area contributed by atoms with Gasteiger partial charge in [-0.15, -0.1) is 10.2 Å². The minimum Gasteiger partial charge on any atom is -0.326 e. The van der Waals surface area contributed by atoms with E-state index in [9.17, 15) is 9.18 Å². The van der Waals surface area contributed by atoms with Crippen molar-refractivity contribution in [1.82, 2.24) is 14.8 Å². The summed E-state index contributed by atoms with van der Waals surface area (Å²) in [5.41, 5.74) is 1.42. The SMILES string of the molecule is O=C(Cc1c(F)cccc1Cl)Nc1ccc(Cl)c(-c2nnc3n2CCCCC3)c1. The van der Waals surface area contributed by atoms with Crippen molar-refractivity contribution in [3.05, 3.63) is 63.6 Å². The van der Waals surface area contributed by atoms with E-state index < -0.39 is 5.82 Å². The number of halogens is 3. The number of carbonyl (C=O) groups excluding carboxylic acids is 1. The second-order valence-electron chi connectivity index (χ2n) is 7.02. The van der Waals surface area contributed by atoms with Gasteiger partial charge < -0.3 is 9.88 Å². The third-order valence-corrected chi connectivity index (χ3v) is 5.68. The summed E-state index contributed by atoms with van der Waals surface area (Å²) < 4.78 is 16.0. The van der Waals surface area contributed by atoms with Crippen LogP contribution in [-0.4, -0.2) is 20.7 Å². The highest BCUT2D eigenvalue weighted by molar-refractivity contribution is 6.33. The van der Waals surface area contributed by atoms with Crippen LogP contribution in [-0.2, 0) is 24.2 Å². The molecule has 3 aromatic rings. The maximum atomic E-state index is 13.9. The number of fused-ring (bicyclic) bond motifs is 1. The molecule has 0 saturated heterocycles. The van der Waals surface area contributed by atoms with Crippen molar-refractivity contribution in [2.75, 3.05) is 5.32 Å². The van der Waals surface area contributed by atoms with Crippen LogP contribution in [0, 0.1) is 5.82 Å². The van der Waals surface area contributed by atoms with E-state index >= 15 is 0 Å². The molecule has 0 aliphatic carbocycles. The van der Waals surface area contributed by atoms with Crippen molar-refractivity contribution >= 4 is 34.8 Å². The first kappa shape index (κ1) is 19.9. The number of carbonyl (C=O) groups is 1. The lowest BCUT2D eigenvalue weighted by Crippen LogP contribution is -2.15. The lowest BCUT2D eigenvalue weighted by Gasteiger charge is -2.11. The van der Waals surface area contributed by atoms with Gasteiger partial charge in [0.25, 0.3) is 0 Å². The molecule has 0 fully saturated rings. The minimum absolute atomic E-state index is 0.163. The van der Waals surface area contributed by atoms with Crippen LogP contribution < -0.4 is 5.32 Å². The Kier molecular flexibility index (Phi) is 5.83. The highest BCUT2D eigenvalue weighted by Gasteiger charge is 2.19. The molecule has 1 aliphatic heterocycles. The summed E-state index contributed by atoms with van der Waals surface area (Å²) in [6.45, 7) is 0.844. The van der Waals surface area contributed by atoms with E-state index in [2.05, 4.69) is 20.1 Å². The van der Waals surface area contributed by atoms with E-state index in [1.165, 1.54) is 12.1 Å². The summed E-state index contributed by atoms with van der Waals surface area (Å²) >= 11 is 12.4. The van der Waals surface area contributed by atoms with Gasteiger partial charge in [0.05, 0.1) is 11.4 Å². The smallest absolute Gasteiger partial charge is 0.228 e. The maximum Gasteiger partial charge on any atom is 0.228 e. The first-order chi connectivity index (χ1) is 14.0. The third-order valence-electron chi connectivity index (χ3n) is 5.00. The van der Waals surface area contributed by atoms with Crippen molar-refractivity contribution in [3.63, 3.8) is 0 Å². The van der Waals surface area contributed by atoms with Crippen LogP contribution >= 0.6 is 23.2 Å². The van der Waals surface area contributed by atoms with Gasteiger partial charge in [-0.25, -0.2) is 4.39 Å². The molecule has 0 spiro atoms. The van der Waals surface area contributed by atoms with Gasteiger partial charge in [-0.05, 0) is 43.2 Å². The van der Waals surface area contributed by atoms with Crippen LogP contribution in [0.4, 0.5) is 10.1 Å². The summed E-state index contributed by atoms with van der Waals surface area (Å²) in [5, 5.41) is 12.2. The average Bonchev–Trinajstić information content (AvgIpc) is 2.94. The summed E-state index contributed by atoms with van der Waals surface area (Å²) in [6.07, 6.45) is 4.05. The largest absolute Gasteiger partial charge is 0.326 e. The van der Waals surface area contributed by atoms with Gasteiger partial charge in [0.1, 0.15) is 11.6 Å². The van der Waals surface area contributed by atoms with Crippen LogP contribution in [0.15, 0.2) is 36.4 Å². The van der Waals surface area contributed by atoms with Crippen LogP contribution in [0.2, 0.25) is 10.0 Å². The molecule has 150 valence electrons. The Morgan fingerprint density at radius 3 is 2.79 bits per heavy atom. The Bertz CT molecular complexity index is 1050. The molecular weight excluding hydrogens is 414 g/mol. The topological polar surface area (TPSA) is 59.8 Å². The number of benzene rings is 2. The Morgan fingerprint density at radius 1 is 1.10 bits per heavy atom. The number of aryl methyl sites for hydroxylation is 1. The zero-order valence-electron chi connectivity index (χ0n) is 15.6. The number of anilines is 1. The molecule has 1 aromatic heterocycles. The van der Waals surface area contributed by atoms with Crippen molar-refractivity contribution in [2.45, 2.75) is 38.6 Å². The van der Waals surface area contributed by atoms with Crippen LogP contribution in [0.25, 0.3) is 11.4 Å². The molecule has 29 heavy (non-hydrogen) atoms. The van der Waals surface area contributed by atoms with Crippen molar-refractivity contribution in [1.29, 1.82) is 0 Å². The monoisotopic (exact) mass is 432 g/mol. The first-order valence-electron chi connectivity index (χ1n) is 9.47. The standard InChI is InChI=1S/C21H19Cl2FN4O/c22-16-5-4-6-18(24)14(16)12-20(29)25-13-8-9-17(23)15(11-13)21-27-26-19-7-2-1-3-10-28(19)21/h4-6,8-9,11H,1-3,7,10,12H2,(H,25,29). The molecule has 8 heteroatoms. The van der Waals surface area contributed by atoms with Crippen LogP contribution in [0.5, 0.6) is 0 Å². The van der Waals surface area contributed by atoms with Gasteiger partial charge in [-0.3, -0.25) is 4.79 Å². The van der Waals surface area contributed by atoms with Crippen molar-refractivity contribution in [2.24, 2.45) is 0 Å². The lowest BCUT2D eigenvalue weighted by atomic mass is 10.1. The van der Waals surface area contributed by atoms with Gasteiger partial charge in [-0.1, -0.05) is 35.7 Å². The Morgan fingerprint density at radius 2 is 1.97 bits per heavy atom. The fraction of sp³-hybridized carbons (Fsp3) is 0.286. The summed E-state index contributed by atoms with van der Waals surface area (Å²) in [5.74, 6) is 0.776. The van der Waals surface area contributed by atoms with Crippen LogP contribution in [0.3, 0.4) is 0 Å². The zero-order chi connectivity index (χ0) is 20.4. The minimum atomic E-state index is -0.504. The molecule has 0 unspecified atom stereocenters. The summed E-state index contributed by atoms with van der Waals surface area (Å²) in [4.78, 5) is 12.4. The molecular formula is C21H19Cl2FN4O. The summed E-state index contributed by atoms with van der Waals surface area (Å²) in [6, 6.07) is 9.53. The molecule has 2 heterocycles. The molecule has 0 bridgehead atoms. The number of hydrogen-bond donors (Lipinski definition) is 1. The maximum absolute atomic E-state index is 13.9. The third kappa shape index (κ3) is 4.28. The molecule has 5 nitrogen and oxygen atoms in total. The molecule has 0 radical (unpaired) electrons. The van der Waals surface area contributed by atoms with E-state index in [4.69, 9.17) is 23.2 Å². The fourth-order valence-corrected chi connectivity index (χ4v) is 3.96. The number of nitrogens with zero attached hydrogens (tertiary/aromatic N) is 3. The Hall–Kier alpha value is -2.44. The highest BCUT2D eigenvalue weighted by atomic mass is 35.5. The van der Waals surface area contributed by atoms with E-state index in [-0.39, 0.29) is 22.9 Å². The molecule has 1 aliphatic rings. The van der Waals surface area contributed by atoms with Crippen LogP contribution in [0.1, 0.15) is 30.7 Å². The Balaban J connectivity index is 1.58. The number of hydrogen-bond acceptors (Lipinski definition) is 3. The zero-order valence-corrected chi connectivity index (χ0v) is 17.1. The second-order valence-corrected chi connectivity index (χ2v) is 7.84. The lowest BCUT2D eigenvalue weighted by molar-refractivity contribution is -0.115. The van der Waals surface area contributed by atoms with Gasteiger partial charge in [0, 0.05) is 34.8 Å².